The molecule has 0 saturated carbocycles. The second-order valence-electron chi connectivity index (χ2n) is 4.59. The van der Waals surface area contributed by atoms with Gasteiger partial charge in [-0.25, -0.2) is 0 Å². The van der Waals surface area contributed by atoms with Crippen LogP contribution in [0.15, 0.2) is 12.1 Å². The lowest BCUT2D eigenvalue weighted by molar-refractivity contribution is -0.0483. The van der Waals surface area contributed by atoms with E-state index in [-0.39, 0.29) is 5.41 Å². The van der Waals surface area contributed by atoms with Gasteiger partial charge in [0.15, 0.2) is 0 Å². The molecule has 1 aliphatic rings. The number of benzene rings is 1. The molecular weight excluding hydrogens is 220 g/mol. The number of ether oxygens (including phenoxy) is 2. The van der Waals surface area contributed by atoms with Crippen molar-refractivity contribution in [1.82, 2.24) is 0 Å². The van der Waals surface area contributed by atoms with Crippen LogP contribution in [0.5, 0.6) is 5.75 Å². The summed E-state index contributed by atoms with van der Waals surface area (Å²) in [5.41, 5.74) is 3.82. The van der Waals surface area contributed by atoms with Crippen molar-refractivity contribution in [2.24, 2.45) is 0 Å². The SMILES string of the molecule is COc1cc(C)cc(C)c1C1(CS)COC1. The van der Waals surface area contributed by atoms with Crippen molar-refractivity contribution in [3.05, 3.63) is 28.8 Å². The van der Waals surface area contributed by atoms with Gasteiger partial charge < -0.3 is 9.47 Å². The molecule has 0 aliphatic carbocycles. The minimum Gasteiger partial charge on any atom is -0.496 e. The quantitative estimate of drug-likeness (QED) is 0.816. The molecule has 1 heterocycles. The number of hydrogen-bond acceptors (Lipinski definition) is 3. The fourth-order valence-electron chi connectivity index (χ4n) is 2.43. The summed E-state index contributed by atoms with van der Waals surface area (Å²) in [4.78, 5) is 0. The van der Waals surface area contributed by atoms with Gasteiger partial charge in [-0.3, -0.25) is 0 Å². The maximum atomic E-state index is 5.50. The summed E-state index contributed by atoms with van der Waals surface area (Å²) in [6, 6.07) is 4.28. The van der Waals surface area contributed by atoms with Crippen LogP contribution in [0.1, 0.15) is 16.7 Å². The molecule has 0 N–H and O–H groups in total. The van der Waals surface area contributed by atoms with Crippen LogP contribution in [0.25, 0.3) is 0 Å². The summed E-state index contributed by atoms with van der Waals surface area (Å²) in [5.74, 6) is 1.77. The highest BCUT2D eigenvalue weighted by molar-refractivity contribution is 7.80. The zero-order valence-corrected chi connectivity index (χ0v) is 10.9. The van der Waals surface area contributed by atoms with E-state index in [4.69, 9.17) is 9.47 Å². The van der Waals surface area contributed by atoms with E-state index in [0.29, 0.717) is 0 Å². The Labute approximate surface area is 102 Å². The molecule has 0 atom stereocenters. The van der Waals surface area contributed by atoms with Gasteiger partial charge in [-0.15, -0.1) is 0 Å². The smallest absolute Gasteiger partial charge is 0.123 e. The van der Waals surface area contributed by atoms with Crippen LogP contribution in [0, 0.1) is 13.8 Å². The third kappa shape index (κ3) is 1.72. The molecule has 2 nitrogen and oxygen atoms in total. The Kier molecular flexibility index (Phi) is 3.17. The lowest BCUT2D eigenvalue weighted by Crippen LogP contribution is -2.49. The van der Waals surface area contributed by atoms with Gasteiger partial charge in [0.05, 0.1) is 25.7 Å². The Hall–Kier alpha value is -0.670. The summed E-state index contributed by atoms with van der Waals surface area (Å²) in [6.45, 7) is 5.71. The molecule has 0 spiro atoms. The van der Waals surface area contributed by atoms with Crippen LogP contribution in [0.2, 0.25) is 0 Å². The predicted molar refractivity (Wildman–Crippen MR) is 68.8 cm³/mol. The van der Waals surface area contributed by atoms with Crippen molar-refractivity contribution in [3.8, 4) is 5.75 Å². The first kappa shape index (κ1) is 11.8. The molecule has 16 heavy (non-hydrogen) atoms. The molecule has 1 fully saturated rings. The Morgan fingerprint density at radius 3 is 2.50 bits per heavy atom. The molecule has 0 amide bonds. The van der Waals surface area contributed by atoms with Crippen molar-refractivity contribution in [2.45, 2.75) is 19.3 Å². The van der Waals surface area contributed by atoms with Gasteiger partial charge in [0, 0.05) is 11.3 Å². The van der Waals surface area contributed by atoms with Crippen molar-refractivity contribution in [3.63, 3.8) is 0 Å². The summed E-state index contributed by atoms with van der Waals surface area (Å²) in [6.07, 6.45) is 0. The number of hydrogen-bond donors (Lipinski definition) is 1. The summed E-state index contributed by atoms with van der Waals surface area (Å²) in [7, 11) is 1.73. The van der Waals surface area contributed by atoms with Gasteiger partial charge >= 0.3 is 0 Å². The second-order valence-corrected chi connectivity index (χ2v) is 4.91. The molecule has 0 unspecified atom stereocenters. The fourth-order valence-corrected chi connectivity index (χ4v) is 2.77. The largest absolute Gasteiger partial charge is 0.496 e. The highest BCUT2D eigenvalue weighted by Gasteiger charge is 2.42. The molecule has 1 aromatic carbocycles. The van der Waals surface area contributed by atoms with Crippen molar-refractivity contribution < 1.29 is 9.47 Å². The van der Waals surface area contributed by atoms with E-state index in [1.165, 1.54) is 16.7 Å². The average Bonchev–Trinajstić information content (AvgIpc) is 2.19. The lowest BCUT2D eigenvalue weighted by Gasteiger charge is -2.42. The van der Waals surface area contributed by atoms with E-state index in [1.54, 1.807) is 7.11 Å². The monoisotopic (exact) mass is 238 g/mol. The van der Waals surface area contributed by atoms with Gasteiger partial charge in [0.1, 0.15) is 5.75 Å². The van der Waals surface area contributed by atoms with Crippen LogP contribution in [-0.2, 0) is 10.2 Å². The van der Waals surface area contributed by atoms with Gasteiger partial charge in [-0.05, 0) is 31.0 Å². The Morgan fingerprint density at radius 1 is 1.38 bits per heavy atom. The fraction of sp³-hybridized carbons (Fsp3) is 0.538. The van der Waals surface area contributed by atoms with E-state index in [2.05, 4.69) is 38.6 Å². The van der Waals surface area contributed by atoms with Crippen molar-refractivity contribution in [2.75, 3.05) is 26.1 Å². The number of thiol groups is 1. The summed E-state index contributed by atoms with van der Waals surface area (Å²) < 4.78 is 10.9. The average molecular weight is 238 g/mol. The van der Waals surface area contributed by atoms with E-state index in [1.807, 2.05) is 0 Å². The van der Waals surface area contributed by atoms with Crippen LogP contribution in [-0.4, -0.2) is 26.1 Å². The van der Waals surface area contributed by atoms with Gasteiger partial charge in [-0.1, -0.05) is 6.07 Å². The zero-order valence-electron chi connectivity index (χ0n) is 10.0. The molecular formula is C13H18O2S. The van der Waals surface area contributed by atoms with Crippen molar-refractivity contribution in [1.29, 1.82) is 0 Å². The van der Waals surface area contributed by atoms with E-state index in [9.17, 15) is 0 Å². The zero-order chi connectivity index (χ0) is 11.8. The first-order chi connectivity index (χ1) is 7.63. The van der Waals surface area contributed by atoms with Crippen LogP contribution < -0.4 is 4.74 Å². The Bertz CT molecular complexity index is 392. The minimum absolute atomic E-state index is 0.0479. The number of methoxy groups -OCH3 is 1. The van der Waals surface area contributed by atoms with Crippen LogP contribution >= 0.6 is 12.6 Å². The molecule has 0 aromatic heterocycles. The molecule has 1 saturated heterocycles. The van der Waals surface area contributed by atoms with E-state index < -0.39 is 0 Å². The molecule has 0 radical (unpaired) electrons. The highest BCUT2D eigenvalue weighted by Crippen LogP contribution is 2.41. The molecule has 1 aromatic rings. The van der Waals surface area contributed by atoms with Gasteiger partial charge in [0.2, 0.25) is 0 Å². The number of aryl methyl sites for hydroxylation is 2. The van der Waals surface area contributed by atoms with Crippen LogP contribution in [0.4, 0.5) is 0 Å². The lowest BCUT2D eigenvalue weighted by atomic mass is 9.77. The van der Waals surface area contributed by atoms with E-state index in [0.717, 1.165) is 24.7 Å². The highest BCUT2D eigenvalue weighted by atomic mass is 32.1. The van der Waals surface area contributed by atoms with Crippen molar-refractivity contribution >= 4 is 12.6 Å². The maximum Gasteiger partial charge on any atom is 0.123 e. The summed E-state index contributed by atoms with van der Waals surface area (Å²) in [5, 5.41) is 0. The molecule has 2 rings (SSSR count). The third-order valence-corrected chi connectivity index (χ3v) is 3.86. The summed E-state index contributed by atoms with van der Waals surface area (Å²) >= 11 is 4.47. The molecule has 3 heteroatoms. The van der Waals surface area contributed by atoms with Crippen LogP contribution in [0.3, 0.4) is 0 Å². The third-order valence-electron chi connectivity index (χ3n) is 3.25. The topological polar surface area (TPSA) is 18.5 Å². The maximum absolute atomic E-state index is 5.50. The van der Waals surface area contributed by atoms with Gasteiger partial charge in [-0.2, -0.15) is 12.6 Å². The van der Waals surface area contributed by atoms with E-state index >= 15 is 0 Å². The molecule has 0 bridgehead atoms. The first-order valence-corrected chi connectivity index (χ1v) is 6.10. The standard InChI is InChI=1S/C13H18O2S/c1-9-4-10(2)12(11(5-9)14-3)13(8-16)6-15-7-13/h4-5,16H,6-8H2,1-3H3. The minimum atomic E-state index is 0.0479. The predicted octanol–water partition coefficient (Wildman–Crippen LogP) is 2.51. The molecule has 1 aliphatic heterocycles. The Morgan fingerprint density at radius 2 is 2.06 bits per heavy atom. The number of rotatable bonds is 3. The second kappa shape index (κ2) is 4.30. The van der Waals surface area contributed by atoms with Gasteiger partial charge in [0.25, 0.3) is 0 Å². The molecule has 88 valence electrons. The Balaban J connectivity index is 2.54. The first-order valence-electron chi connectivity index (χ1n) is 5.47. The normalized spacial score (nSPS) is 18.0.